The second-order valence-electron chi connectivity index (χ2n) is 5.89. The van der Waals surface area contributed by atoms with Gasteiger partial charge in [0.25, 0.3) is 0 Å². The summed E-state index contributed by atoms with van der Waals surface area (Å²) in [7, 11) is 1.60. The van der Waals surface area contributed by atoms with E-state index in [2.05, 4.69) is 10.5 Å². The maximum absolute atomic E-state index is 12.3. The number of benzene rings is 2. The van der Waals surface area contributed by atoms with E-state index in [4.69, 9.17) is 16.3 Å². The SMILES string of the molecule is COc1ccc(C=NNC(=O)[C@H]2CC(=O)N(c3ccc(Cl)cc3)C2)cc1. The van der Waals surface area contributed by atoms with Gasteiger partial charge in [-0.2, -0.15) is 5.10 Å². The zero-order chi connectivity index (χ0) is 18.5. The minimum atomic E-state index is -0.439. The fourth-order valence-corrected chi connectivity index (χ4v) is 2.83. The molecule has 0 saturated carbocycles. The van der Waals surface area contributed by atoms with E-state index in [1.165, 1.54) is 0 Å². The molecule has 0 aromatic heterocycles. The lowest BCUT2D eigenvalue weighted by atomic mass is 10.1. The molecule has 1 fully saturated rings. The summed E-state index contributed by atoms with van der Waals surface area (Å²) in [6.45, 7) is 0.324. The van der Waals surface area contributed by atoms with Crippen LogP contribution >= 0.6 is 11.6 Å². The lowest BCUT2D eigenvalue weighted by molar-refractivity contribution is -0.126. The van der Waals surface area contributed by atoms with Crippen LogP contribution in [-0.2, 0) is 9.59 Å². The molecule has 0 bridgehead atoms. The first kappa shape index (κ1) is 17.9. The highest BCUT2D eigenvalue weighted by Gasteiger charge is 2.35. The van der Waals surface area contributed by atoms with Crippen LogP contribution in [0.15, 0.2) is 53.6 Å². The molecule has 6 nitrogen and oxygen atoms in total. The third kappa shape index (κ3) is 4.21. The van der Waals surface area contributed by atoms with Crippen molar-refractivity contribution in [3.05, 3.63) is 59.1 Å². The second kappa shape index (κ2) is 8.01. The highest BCUT2D eigenvalue weighted by atomic mass is 35.5. The molecule has 0 unspecified atom stereocenters. The van der Waals surface area contributed by atoms with Crippen LogP contribution in [-0.4, -0.2) is 31.7 Å². The number of hydrogen-bond acceptors (Lipinski definition) is 4. The van der Waals surface area contributed by atoms with E-state index in [1.54, 1.807) is 42.5 Å². The molecule has 1 aliphatic heterocycles. The van der Waals surface area contributed by atoms with Crippen molar-refractivity contribution in [1.29, 1.82) is 0 Å². The van der Waals surface area contributed by atoms with Gasteiger partial charge in [0.05, 0.1) is 19.2 Å². The standard InChI is InChI=1S/C19H18ClN3O3/c1-26-17-8-2-13(3-9-17)11-21-22-19(25)14-10-18(24)23(12-14)16-6-4-15(20)5-7-16/h2-9,11,14H,10,12H2,1H3,(H,22,25)/t14-/m0/s1. The first-order valence-corrected chi connectivity index (χ1v) is 8.47. The van der Waals surface area contributed by atoms with Crippen LogP contribution in [0.2, 0.25) is 5.02 Å². The van der Waals surface area contributed by atoms with Crippen LogP contribution < -0.4 is 15.1 Å². The fourth-order valence-electron chi connectivity index (χ4n) is 2.71. The number of rotatable bonds is 5. The van der Waals surface area contributed by atoms with Gasteiger partial charge in [-0.3, -0.25) is 9.59 Å². The van der Waals surface area contributed by atoms with Crippen molar-refractivity contribution in [3.8, 4) is 5.75 Å². The normalized spacial score (nSPS) is 16.9. The van der Waals surface area contributed by atoms with Gasteiger partial charge in [0.2, 0.25) is 11.8 Å². The number of hydrogen-bond donors (Lipinski definition) is 1. The molecule has 7 heteroatoms. The zero-order valence-corrected chi connectivity index (χ0v) is 14.9. The average molecular weight is 372 g/mol. The molecule has 134 valence electrons. The Labute approximate surface area is 156 Å². The van der Waals surface area contributed by atoms with Gasteiger partial charge in [0.15, 0.2) is 0 Å². The molecule has 1 N–H and O–H groups in total. The minimum Gasteiger partial charge on any atom is -0.497 e. The van der Waals surface area contributed by atoms with Gasteiger partial charge in [0.1, 0.15) is 5.75 Å². The van der Waals surface area contributed by atoms with Crippen molar-refractivity contribution in [3.63, 3.8) is 0 Å². The molecular formula is C19H18ClN3O3. The van der Waals surface area contributed by atoms with E-state index in [0.717, 1.165) is 17.0 Å². The molecule has 1 heterocycles. The number of amides is 2. The molecule has 1 saturated heterocycles. The van der Waals surface area contributed by atoms with Gasteiger partial charge in [-0.15, -0.1) is 0 Å². The monoisotopic (exact) mass is 371 g/mol. The molecular weight excluding hydrogens is 354 g/mol. The zero-order valence-electron chi connectivity index (χ0n) is 14.2. The van der Waals surface area contributed by atoms with E-state index in [-0.39, 0.29) is 18.2 Å². The Balaban J connectivity index is 1.57. The Morgan fingerprint density at radius 2 is 1.92 bits per heavy atom. The lowest BCUT2D eigenvalue weighted by Crippen LogP contribution is -2.30. The van der Waals surface area contributed by atoms with Gasteiger partial charge in [-0.1, -0.05) is 11.6 Å². The minimum absolute atomic E-state index is 0.0911. The number of methoxy groups -OCH3 is 1. The van der Waals surface area contributed by atoms with Crippen LogP contribution in [0.25, 0.3) is 0 Å². The second-order valence-corrected chi connectivity index (χ2v) is 6.33. The smallest absolute Gasteiger partial charge is 0.245 e. The summed E-state index contributed by atoms with van der Waals surface area (Å²) in [5, 5.41) is 4.56. The van der Waals surface area contributed by atoms with Crippen molar-refractivity contribution < 1.29 is 14.3 Å². The van der Waals surface area contributed by atoms with E-state index in [1.807, 2.05) is 24.3 Å². The summed E-state index contributed by atoms with van der Waals surface area (Å²) >= 11 is 5.87. The molecule has 2 amide bonds. The Morgan fingerprint density at radius 3 is 2.58 bits per heavy atom. The number of anilines is 1. The molecule has 0 radical (unpaired) electrons. The predicted molar refractivity (Wildman–Crippen MR) is 101 cm³/mol. The van der Waals surface area contributed by atoms with Crippen LogP contribution in [0.3, 0.4) is 0 Å². The first-order valence-electron chi connectivity index (χ1n) is 8.09. The van der Waals surface area contributed by atoms with E-state index in [0.29, 0.717) is 11.6 Å². The topological polar surface area (TPSA) is 71.0 Å². The Morgan fingerprint density at radius 1 is 1.23 bits per heavy atom. The number of hydrazone groups is 1. The van der Waals surface area contributed by atoms with Crippen molar-refractivity contribution >= 4 is 35.3 Å². The third-order valence-corrected chi connectivity index (χ3v) is 4.39. The summed E-state index contributed by atoms with van der Waals surface area (Å²) in [5.41, 5.74) is 4.07. The quantitative estimate of drug-likeness (QED) is 0.649. The van der Waals surface area contributed by atoms with Gasteiger partial charge in [0, 0.05) is 23.7 Å². The van der Waals surface area contributed by atoms with Gasteiger partial charge in [-0.05, 0) is 54.1 Å². The summed E-state index contributed by atoms with van der Waals surface area (Å²) < 4.78 is 5.08. The van der Waals surface area contributed by atoms with Crippen molar-refractivity contribution in [2.75, 3.05) is 18.6 Å². The van der Waals surface area contributed by atoms with Crippen LogP contribution in [0.4, 0.5) is 5.69 Å². The van der Waals surface area contributed by atoms with Crippen LogP contribution in [0.1, 0.15) is 12.0 Å². The molecule has 3 rings (SSSR count). The van der Waals surface area contributed by atoms with E-state index < -0.39 is 5.92 Å². The Hall–Kier alpha value is -2.86. The third-order valence-electron chi connectivity index (χ3n) is 4.14. The van der Waals surface area contributed by atoms with Gasteiger partial charge >= 0.3 is 0 Å². The molecule has 2 aromatic carbocycles. The largest absolute Gasteiger partial charge is 0.497 e. The summed E-state index contributed by atoms with van der Waals surface area (Å²) in [6.07, 6.45) is 1.71. The molecule has 0 spiro atoms. The number of nitrogens with one attached hydrogen (secondary N) is 1. The van der Waals surface area contributed by atoms with E-state index >= 15 is 0 Å². The summed E-state index contributed by atoms with van der Waals surface area (Å²) in [4.78, 5) is 26.1. The number of carbonyl (C=O) groups is 2. The molecule has 26 heavy (non-hydrogen) atoms. The van der Waals surface area contributed by atoms with Crippen LogP contribution in [0.5, 0.6) is 5.75 Å². The Kier molecular flexibility index (Phi) is 5.53. The molecule has 1 aliphatic rings. The molecule has 1 atom stereocenters. The number of ether oxygens (including phenoxy) is 1. The maximum Gasteiger partial charge on any atom is 0.245 e. The van der Waals surface area contributed by atoms with Crippen LogP contribution in [0, 0.1) is 5.92 Å². The number of nitrogens with zero attached hydrogens (tertiary/aromatic N) is 2. The highest BCUT2D eigenvalue weighted by Crippen LogP contribution is 2.26. The first-order chi connectivity index (χ1) is 12.6. The summed E-state index contributed by atoms with van der Waals surface area (Å²) in [5.74, 6) is -0.0599. The van der Waals surface area contributed by atoms with Crippen molar-refractivity contribution in [2.24, 2.45) is 11.0 Å². The predicted octanol–water partition coefficient (Wildman–Crippen LogP) is 2.85. The highest BCUT2D eigenvalue weighted by molar-refractivity contribution is 6.30. The summed E-state index contributed by atoms with van der Waals surface area (Å²) in [6, 6.07) is 14.2. The fraction of sp³-hybridized carbons (Fsp3) is 0.211. The maximum atomic E-state index is 12.3. The van der Waals surface area contributed by atoms with E-state index in [9.17, 15) is 9.59 Å². The average Bonchev–Trinajstić information content (AvgIpc) is 3.05. The van der Waals surface area contributed by atoms with Crippen molar-refractivity contribution in [2.45, 2.75) is 6.42 Å². The number of carbonyl (C=O) groups excluding carboxylic acids is 2. The van der Waals surface area contributed by atoms with Gasteiger partial charge < -0.3 is 9.64 Å². The van der Waals surface area contributed by atoms with Gasteiger partial charge in [-0.25, -0.2) is 5.43 Å². The lowest BCUT2D eigenvalue weighted by Gasteiger charge is -2.16. The molecule has 0 aliphatic carbocycles. The molecule has 2 aromatic rings. The number of halogens is 1. The Bertz CT molecular complexity index is 819. The van der Waals surface area contributed by atoms with Crippen molar-refractivity contribution in [1.82, 2.24) is 5.43 Å².